The Hall–Kier alpha value is -0.850. The number of rotatable bonds is 7. The Morgan fingerprint density at radius 3 is 2.52 bits per heavy atom. The molecule has 0 atom stereocenters. The standard InChI is InChI=1S/C15H31N3O3/c1-5-16-13(17-10-14(2,3)20-4)18-11-15(12-19)6-8-21-9-7-15/h19H,5-12H2,1-4H3,(H2,16,17,18). The Bertz CT molecular complexity index is 326. The van der Waals surface area contributed by atoms with Crippen LogP contribution < -0.4 is 10.6 Å². The fraction of sp³-hybridized carbons (Fsp3) is 0.933. The first-order valence-corrected chi connectivity index (χ1v) is 7.73. The number of guanidine groups is 1. The monoisotopic (exact) mass is 301 g/mol. The molecule has 6 heteroatoms. The van der Waals surface area contributed by atoms with Crippen molar-refractivity contribution in [1.82, 2.24) is 10.6 Å². The second kappa shape index (κ2) is 8.56. The van der Waals surface area contributed by atoms with Crippen molar-refractivity contribution in [2.45, 2.75) is 39.2 Å². The van der Waals surface area contributed by atoms with Crippen molar-refractivity contribution in [2.24, 2.45) is 10.4 Å². The molecular weight excluding hydrogens is 270 g/mol. The largest absolute Gasteiger partial charge is 0.396 e. The van der Waals surface area contributed by atoms with E-state index >= 15 is 0 Å². The molecule has 0 unspecified atom stereocenters. The van der Waals surface area contributed by atoms with Crippen LogP contribution in [0.2, 0.25) is 0 Å². The van der Waals surface area contributed by atoms with Crippen molar-refractivity contribution in [2.75, 3.05) is 46.6 Å². The van der Waals surface area contributed by atoms with Crippen LogP contribution in [0.25, 0.3) is 0 Å². The number of ether oxygens (including phenoxy) is 2. The number of methoxy groups -OCH3 is 1. The molecule has 0 radical (unpaired) electrons. The van der Waals surface area contributed by atoms with E-state index in [0.717, 1.165) is 25.3 Å². The SMILES string of the molecule is CCNC(=NCC(C)(C)OC)NCC1(CO)CCOCC1. The number of nitrogens with one attached hydrogen (secondary N) is 2. The van der Waals surface area contributed by atoms with Gasteiger partial charge >= 0.3 is 0 Å². The number of hydrogen-bond donors (Lipinski definition) is 3. The predicted molar refractivity (Wildman–Crippen MR) is 84.6 cm³/mol. The lowest BCUT2D eigenvalue weighted by Crippen LogP contribution is -2.47. The fourth-order valence-electron chi connectivity index (χ4n) is 2.14. The van der Waals surface area contributed by atoms with E-state index in [1.165, 1.54) is 0 Å². The minimum Gasteiger partial charge on any atom is -0.396 e. The summed E-state index contributed by atoms with van der Waals surface area (Å²) < 4.78 is 10.8. The maximum absolute atomic E-state index is 9.71. The highest BCUT2D eigenvalue weighted by molar-refractivity contribution is 5.79. The molecule has 0 aromatic rings. The van der Waals surface area contributed by atoms with Gasteiger partial charge in [-0.2, -0.15) is 0 Å². The number of hydrogen-bond acceptors (Lipinski definition) is 4. The zero-order chi connectivity index (χ0) is 15.8. The van der Waals surface area contributed by atoms with Crippen LogP contribution in [0.4, 0.5) is 0 Å². The average molecular weight is 301 g/mol. The van der Waals surface area contributed by atoms with Gasteiger partial charge in [0, 0.05) is 38.8 Å². The van der Waals surface area contributed by atoms with Gasteiger partial charge in [0.25, 0.3) is 0 Å². The molecule has 0 aromatic heterocycles. The van der Waals surface area contributed by atoms with Gasteiger partial charge in [0.2, 0.25) is 0 Å². The maximum atomic E-state index is 9.71. The lowest BCUT2D eigenvalue weighted by Gasteiger charge is -2.36. The van der Waals surface area contributed by atoms with Crippen molar-refractivity contribution in [3.63, 3.8) is 0 Å². The fourth-order valence-corrected chi connectivity index (χ4v) is 2.14. The third-order valence-electron chi connectivity index (χ3n) is 4.03. The lowest BCUT2D eigenvalue weighted by atomic mass is 9.81. The second-order valence-electron chi connectivity index (χ2n) is 6.28. The van der Waals surface area contributed by atoms with Gasteiger partial charge in [0.1, 0.15) is 0 Å². The number of aliphatic imine (C=N–C) groups is 1. The predicted octanol–water partition coefficient (Wildman–Crippen LogP) is 0.756. The maximum Gasteiger partial charge on any atom is 0.191 e. The van der Waals surface area contributed by atoms with Crippen molar-refractivity contribution >= 4 is 5.96 Å². The van der Waals surface area contributed by atoms with Gasteiger partial charge in [0.15, 0.2) is 5.96 Å². The summed E-state index contributed by atoms with van der Waals surface area (Å²) in [5.41, 5.74) is -0.388. The zero-order valence-corrected chi connectivity index (χ0v) is 13.9. The molecule has 1 heterocycles. The Morgan fingerprint density at radius 1 is 1.33 bits per heavy atom. The molecule has 1 aliphatic heterocycles. The molecule has 3 N–H and O–H groups in total. The molecule has 1 fully saturated rings. The van der Waals surface area contributed by atoms with E-state index in [2.05, 4.69) is 15.6 Å². The molecule has 0 spiro atoms. The first kappa shape index (κ1) is 18.2. The summed E-state index contributed by atoms with van der Waals surface area (Å²) in [4.78, 5) is 4.56. The van der Waals surface area contributed by atoms with Gasteiger partial charge in [-0.15, -0.1) is 0 Å². The van der Waals surface area contributed by atoms with Gasteiger partial charge < -0.3 is 25.2 Å². The summed E-state index contributed by atoms with van der Waals surface area (Å²) in [6.07, 6.45) is 1.75. The van der Waals surface area contributed by atoms with E-state index in [4.69, 9.17) is 9.47 Å². The lowest BCUT2D eigenvalue weighted by molar-refractivity contribution is -0.0132. The Morgan fingerprint density at radius 2 is 2.00 bits per heavy atom. The molecule has 1 saturated heterocycles. The third-order valence-corrected chi connectivity index (χ3v) is 4.03. The minimum atomic E-state index is -0.282. The van der Waals surface area contributed by atoms with Gasteiger partial charge in [-0.05, 0) is 33.6 Å². The normalized spacial score (nSPS) is 19.4. The summed E-state index contributed by atoms with van der Waals surface area (Å²) in [7, 11) is 1.69. The van der Waals surface area contributed by atoms with Gasteiger partial charge in [0.05, 0.1) is 18.8 Å². The van der Waals surface area contributed by atoms with Gasteiger partial charge in [-0.25, -0.2) is 0 Å². The molecule has 1 aliphatic rings. The average Bonchev–Trinajstić information content (AvgIpc) is 2.51. The molecule has 6 nitrogen and oxygen atoms in total. The Kier molecular flexibility index (Phi) is 7.42. The van der Waals surface area contributed by atoms with Crippen LogP contribution >= 0.6 is 0 Å². The Labute approximate surface area is 128 Å². The number of aliphatic hydroxyl groups is 1. The quantitative estimate of drug-likeness (QED) is 0.478. The smallest absolute Gasteiger partial charge is 0.191 e. The Balaban J connectivity index is 2.58. The van der Waals surface area contributed by atoms with Gasteiger partial charge in [-0.1, -0.05) is 0 Å². The highest BCUT2D eigenvalue weighted by Crippen LogP contribution is 2.28. The summed E-state index contributed by atoms with van der Waals surface area (Å²) in [6.45, 7) is 9.73. The van der Waals surface area contributed by atoms with Crippen molar-refractivity contribution < 1.29 is 14.6 Å². The molecule has 0 saturated carbocycles. The molecular formula is C15H31N3O3. The van der Waals surface area contributed by atoms with E-state index in [-0.39, 0.29) is 17.6 Å². The summed E-state index contributed by atoms with van der Waals surface area (Å²) in [5, 5.41) is 16.3. The minimum absolute atomic E-state index is 0.106. The van der Waals surface area contributed by atoms with E-state index in [9.17, 15) is 5.11 Å². The summed E-state index contributed by atoms with van der Waals surface area (Å²) in [5.74, 6) is 0.766. The molecule has 1 rings (SSSR count). The first-order valence-electron chi connectivity index (χ1n) is 7.73. The van der Waals surface area contributed by atoms with Crippen molar-refractivity contribution in [1.29, 1.82) is 0 Å². The first-order chi connectivity index (χ1) is 9.97. The molecule has 0 aromatic carbocycles. The van der Waals surface area contributed by atoms with E-state index in [1.807, 2.05) is 20.8 Å². The second-order valence-corrected chi connectivity index (χ2v) is 6.28. The highest BCUT2D eigenvalue weighted by atomic mass is 16.5. The van der Waals surface area contributed by atoms with Gasteiger partial charge in [-0.3, -0.25) is 4.99 Å². The summed E-state index contributed by atoms with van der Waals surface area (Å²) in [6, 6.07) is 0. The van der Waals surface area contributed by atoms with E-state index in [1.54, 1.807) is 7.11 Å². The molecule has 21 heavy (non-hydrogen) atoms. The summed E-state index contributed by atoms with van der Waals surface area (Å²) >= 11 is 0. The van der Waals surface area contributed by atoms with Crippen LogP contribution in [0.1, 0.15) is 33.6 Å². The molecule has 0 bridgehead atoms. The van der Waals surface area contributed by atoms with Crippen LogP contribution in [-0.2, 0) is 9.47 Å². The van der Waals surface area contributed by atoms with E-state index < -0.39 is 0 Å². The van der Waals surface area contributed by atoms with Crippen LogP contribution in [0.3, 0.4) is 0 Å². The topological polar surface area (TPSA) is 75.1 Å². The molecule has 0 amide bonds. The van der Waals surface area contributed by atoms with Crippen molar-refractivity contribution in [3.8, 4) is 0 Å². The zero-order valence-electron chi connectivity index (χ0n) is 13.9. The highest BCUT2D eigenvalue weighted by Gasteiger charge is 2.32. The van der Waals surface area contributed by atoms with Crippen LogP contribution in [0.5, 0.6) is 0 Å². The third kappa shape index (κ3) is 6.20. The van der Waals surface area contributed by atoms with Crippen molar-refractivity contribution in [3.05, 3.63) is 0 Å². The number of nitrogens with zero attached hydrogens (tertiary/aromatic N) is 1. The van der Waals surface area contributed by atoms with E-state index in [0.29, 0.717) is 26.3 Å². The number of aliphatic hydroxyl groups excluding tert-OH is 1. The van der Waals surface area contributed by atoms with Crippen LogP contribution in [-0.4, -0.2) is 63.2 Å². The molecule has 124 valence electrons. The van der Waals surface area contributed by atoms with Crippen LogP contribution in [0, 0.1) is 5.41 Å². The van der Waals surface area contributed by atoms with Crippen LogP contribution in [0.15, 0.2) is 4.99 Å². The molecule has 0 aliphatic carbocycles.